The molecule has 0 amide bonds. The molecule has 10 atom stereocenters. The van der Waals surface area contributed by atoms with E-state index in [4.69, 9.17) is 0 Å². The normalized spacial score (nSPS) is 46.6. The fraction of sp³-hybridized carbons (Fsp3) is 0.841. The predicted molar refractivity (Wildman–Crippen MR) is 206 cm³/mol. The predicted octanol–water partition coefficient (Wildman–Crippen LogP) is 9.28. The fourth-order valence-corrected chi connectivity index (χ4v) is 16.0. The molecule has 0 bridgehead atoms. The Morgan fingerprint density at radius 1 is 0.940 bits per heavy atom. The lowest BCUT2D eigenvalue weighted by Crippen LogP contribution is -2.68. The number of sulfone groups is 1. The summed E-state index contributed by atoms with van der Waals surface area (Å²) in [6.07, 6.45) is 20.7. The van der Waals surface area contributed by atoms with Crippen LogP contribution in [0.5, 0.6) is 0 Å². The Hall–Kier alpha value is -1.42. The van der Waals surface area contributed by atoms with Crippen LogP contribution in [0.3, 0.4) is 0 Å². The number of nitrogens with zero attached hydrogens (tertiary/aromatic N) is 2. The van der Waals surface area contributed by atoms with Crippen LogP contribution in [-0.4, -0.2) is 56.5 Å². The molecule has 1 aliphatic heterocycles. The third kappa shape index (κ3) is 5.51. The van der Waals surface area contributed by atoms with Crippen LogP contribution in [0.4, 0.5) is 0 Å². The van der Waals surface area contributed by atoms with Gasteiger partial charge in [0.2, 0.25) is 0 Å². The van der Waals surface area contributed by atoms with Crippen molar-refractivity contribution in [3.05, 3.63) is 35.5 Å². The molecule has 1 N–H and O–H groups in total. The molecule has 1 saturated heterocycles. The largest absolute Gasteiger partial charge is 0.310 e. The molecule has 1 heterocycles. The number of nitrogens with one attached hydrogen (secondary N) is 1. The van der Waals surface area contributed by atoms with Crippen LogP contribution in [0.15, 0.2) is 35.5 Å². The van der Waals surface area contributed by atoms with Crippen molar-refractivity contribution in [1.29, 1.82) is 5.26 Å². The van der Waals surface area contributed by atoms with Crippen LogP contribution >= 0.6 is 0 Å². The lowest BCUT2D eigenvalue weighted by Gasteiger charge is -2.72. The first-order valence-corrected chi connectivity index (χ1v) is 22.5. The molecule has 4 saturated carbocycles. The summed E-state index contributed by atoms with van der Waals surface area (Å²) in [4.78, 5) is 2.37. The summed E-state index contributed by atoms with van der Waals surface area (Å²) < 4.78 is 24.1. The number of rotatable bonds is 7. The molecule has 0 spiro atoms. The molecule has 0 radical (unpaired) electrons. The number of hydrogen-bond acceptors (Lipinski definition) is 5. The van der Waals surface area contributed by atoms with E-state index < -0.39 is 9.84 Å². The standard InChI is InChI=1S/C44H69N3O2S/c1-9-43(30-45)19-12-32(13-20-43)34-15-17-40(6)36(39(34,4)5)16-18-42(8)37(40)11-10-35-38-33(31(2)3)14-21-44(38,23-22-41(35,42)7)46-24-25-47-26-28-50(48,49)29-27-47/h12,15,33,35-38,46H,2,9-11,13-14,16-29H2,1,3-8H3/t33-,35+,36-,37+,38+,40-,41+,42+,43?,44-/m0/s1. The fourth-order valence-electron chi connectivity index (χ4n) is 14.7. The van der Waals surface area contributed by atoms with Gasteiger partial charge in [-0.05, 0) is 153 Å². The summed E-state index contributed by atoms with van der Waals surface area (Å²) in [6, 6.07) is 2.68. The highest BCUT2D eigenvalue weighted by Gasteiger charge is 2.70. The van der Waals surface area contributed by atoms with Crippen LogP contribution in [0.1, 0.15) is 132 Å². The van der Waals surface area contributed by atoms with Crippen molar-refractivity contribution in [3.63, 3.8) is 0 Å². The molecule has 278 valence electrons. The van der Waals surface area contributed by atoms with E-state index in [1.165, 1.54) is 63.4 Å². The van der Waals surface area contributed by atoms with E-state index in [1.54, 1.807) is 11.1 Å². The summed E-state index contributed by atoms with van der Waals surface area (Å²) in [6.45, 7) is 25.7. The Balaban J connectivity index is 1.13. The highest BCUT2D eigenvalue weighted by atomic mass is 32.2. The van der Waals surface area contributed by atoms with Gasteiger partial charge in [-0.15, -0.1) is 0 Å². The van der Waals surface area contributed by atoms with Crippen molar-refractivity contribution in [2.75, 3.05) is 37.7 Å². The van der Waals surface area contributed by atoms with Crippen LogP contribution < -0.4 is 5.32 Å². The average Bonchev–Trinajstić information content (AvgIpc) is 3.46. The Kier molecular flexibility index (Phi) is 9.29. The van der Waals surface area contributed by atoms with Crippen molar-refractivity contribution >= 4 is 9.84 Å². The average molecular weight is 704 g/mol. The quantitative estimate of drug-likeness (QED) is 0.268. The maximum Gasteiger partial charge on any atom is 0.152 e. The minimum absolute atomic E-state index is 0.150. The van der Waals surface area contributed by atoms with Crippen molar-refractivity contribution in [2.45, 2.75) is 137 Å². The second-order valence-corrected chi connectivity index (χ2v) is 22.3. The maximum absolute atomic E-state index is 12.0. The van der Waals surface area contributed by atoms with Crippen molar-refractivity contribution in [3.8, 4) is 6.07 Å². The van der Waals surface area contributed by atoms with Gasteiger partial charge >= 0.3 is 0 Å². The Bertz CT molecular complexity index is 1570. The molecule has 50 heavy (non-hydrogen) atoms. The zero-order valence-corrected chi connectivity index (χ0v) is 33.6. The summed E-state index contributed by atoms with van der Waals surface area (Å²) in [5, 5.41) is 14.2. The van der Waals surface area contributed by atoms with E-state index in [-0.39, 0.29) is 16.4 Å². The van der Waals surface area contributed by atoms with Gasteiger partial charge in [-0.1, -0.05) is 65.8 Å². The van der Waals surface area contributed by atoms with Crippen molar-refractivity contribution < 1.29 is 8.42 Å². The Morgan fingerprint density at radius 2 is 1.68 bits per heavy atom. The van der Waals surface area contributed by atoms with Gasteiger partial charge < -0.3 is 10.2 Å². The van der Waals surface area contributed by atoms with E-state index >= 15 is 0 Å². The van der Waals surface area contributed by atoms with Gasteiger partial charge in [0.1, 0.15) is 0 Å². The Morgan fingerprint density at radius 3 is 2.32 bits per heavy atom. The third-order valence-electron chi connectivity index (χ3n) is 17.9. The number of hydrogen-bond donors (Lipinski definition) is 1. The van der Waals surface area contributed by atoms with E-state index in [9.17, 15) is 13.7 Å². The van der Waals surface area contributed by atoms with Gasteiger partial charge in [0, 0.05) is 31.7 Å². The van der Waals surface area contributed by atoms with Gasteiger partial charge in [0.15, 0.2) is 9.84 Å². The van der Waals surface area contributed by atoms with Crippen LogP contribution in [-0.2, 0) is 9.84 Å². The van der Waals surface area contributed by atoms with Gasteiger partial charge in [0.05, 0.1) is 23.0 Å². The lowest BCUT2D eigenvalue weighted by molar-refractivity contribution is -0.221. The molecule has 0 aromatic heterocycles. The van der Waals surface area contributed by atoms with E-state index in [0.29, 0.717) is 64.5 Å². The molecule has 5 nitrogen and oxygen atoms in total. The molecular formula is C44H69N3O2S. The summed E-state index contributed by atoms with van der Waals surface area (Å²) >= 11 is 0. The minimum atomic E-state index is -2.85. The van der Waals surface area contributed by atoms with E-state index in [2.05, 4.69) is 83.5 Å². The van der Waals surface area contributed by atoms with E-state index in [0.717, 1.165) is 44.7 Å². The number of nitriles is 1. The SMILES string of the molecule is C=C(C)[C@@H]1CC[C@]2(NCCN3CCS(=O)(=O)CC3)CC[C@]3(C)[C@H](CC[C@@H]4[C@@]5(C)CC=C(C6=CCC(C#N)(CC)CC6)C(C)(C)[C@@H]5CC[C@]43C)[C@@H]12. The molecule has 6 heteroatoms. The second kappa shape index (κ2) is 12.6. The lowest BCUT2D eigenvalue weighted by atomic mass is 9.33. The topological polar surface area (TPSA) is 73.2 Å². The highest BCUT2D eigenvalue weighted by molar-refractivity contribution is 7.91. The van der Waals surface area contributed by atoms with E-state index in [1.807, 2.05) is 0 Å². The minimum Gasteiger partial charge on any atom is -0.310 e. The van der Waals surface area contributed by atoms with Crippen LogP contribution in [0.25, 0.3) is 0 Å². The van der Waals surface area contributed by atoms with Crippen LogP contribution in [0.2, 0.25) is 0 Å². The van der Waals surface area contributed by atoms with Gasteiger partial charge in [-0.25, -0.2) is 8.42 Å². The summed E-state index contributed by atoms with van der Waals surface area (Å²) in [7, 11) is -2.85. The molecule has 5 fully saturated rings. The monoisotopic (exact) mass is 704 g/mol. The molecule has 6 aliphatic carbocycles. The summed E-state index contributed by atoms with van der Waals surface area (Å²) in [5.74, 6) is 3.99. The molecule has 1 unspecified atom stereocenters. The first kappa shape index (κ1) is 36.9. The second-order valence-electron chi connectivity index (χ2n) is 20.0. The molecule has 7 rings (SSSR count). The van der Waals surface area contributed by atoms with Gasteiger partial charge in [0.25, 0.3) is 0 Å². The molecule has 0 aromatic rings. The number of allylic oxidation sites excluding steroid dienone is 5. The third-order valence-corrected chi connectivity index (χ3v) is 19.5. The zero-order valence-electron chi connectivity index (χ0n) is 32.8. The zero-order chi connectivity index (χ0) is 36.0. The first-order chi connectivity index (χ1) is 23.5. The van der Waals surface area contributed by atoms with Crippen molar-refractivity contribution in [2.24, 2.45) is 56.7 Å². The summed E-state index contributed by atoms with van der Waals surface area (Å²) in [5.41, 5.74) is 5.68. The maximum atomic E-state index is 12.0. The Labute approximate surface area is 306 Å². The van der Waals surface area contributed by atoms with Gasteiger partial charge in [-0.3, -0.25) is 0 Å². The smallest absolute Gasteiger partial charge is 0.152 e. The van der Waals surface area contributed by atoms with Gasteiger partial charge in [-0.2, -0.15) is 5.26 Å². The highest BCUT2D eigenvalue weighted by Crippen LogP contribution is 2.76. The first-order valence-electron chi connectivity index (χ1n) is 20.6. The molecule has 7 aliphatic rings. The number of fused-ring (bicyclic) bond motifs is 7. The molecule has 0 aromatic carbocycles. The van der Waals surface area contributed by atoms with Crippen LogP contribution in [0, 0.1) is 68.0 Å². The van der Waals surface area contributed by atoms with Crippen molar-refractivity contribution in [1.82, 2.24) is 10.2 Å². The molecular weight excluding hydrogens is 635 g/mol.